The fraction of sp³-hybridized carbons (Fsp3) is 0.0833. The largest absolute Gasteiger partial charge is 0.398 e. The van der Waals surface area contributed by atoms with Crippen molar-refractivity contribution in [2.75, 3.05) is 10.5 Å². The predicted octanol–water partition coefficient (Wildman–Crippen LogP) is 1.31. The number of anilines is 2. The van der Waals surface area contributed by atoms with Gasteiger partial charge in [-0.3, -0.25) is 4.98 Å². The van der Waals surface area contributed by atoms with Crippen LogP contribution in [0.2, 0.25) is 0 Å². The van der Waals surface area contributed by atoms with E-state index in [1.807, 2.05) is 0 Å². The van der Waals surface area contributed by atoms with E-state index in [0.717, 1.165) is 0 Å². The second-order valence-corrected chi connectivity index (χ2v) is 5.96. The highest BCUT2D eigenvalue weighted by atomic mass is 32.2. The first-order chi connectivity index (χ1) is 9.97. The Balaban J connectivity index is 2.13. The Morgan fingerprint density at radius 1 is 1.29 bits per heavy atom. The summed E-state index contributed by atoms with van der Waals surface area (Å²) in [6.45, 7) is 1.58. The zero-order valence-electron chi connectivity index (χ0n) is 10.9. The van der Waals surface area contributed by atoms with Crippen LogP contribution in [0.25, 0.3) is 10.9 Å². The van der Waals surface area contributed by atoms with E-state index < -0.39 is 10.0 Å². The first-order valence-electron chi connectivity index (χ1n) is 5.94. The zero-order chi connectivity index (χ0) is 15.0. The van der Waals surface area contributed by atoms with Crippen molar-refractivity contribution in [2.45, 2.75) is 11.8 Å². The molecule has 0 fully saturated rings. The number of hydrogen-bond acceptors (Lipinski definition) is 7. The number of sulfonamides is 1. The molecule has 0 saturated heterocycles. The molecule has 0 radical (unpaired) electrons. The van der Waals surface area contributed by atoms with Gasteiger partial charge in [-0.25, -0.2) is 13.1 Å². The SMILES string of the molecule is Cc1noc(NS(=O)(=O)c2ccc(N)c3cccnc23)n1. The molecule has 9 heteroatoms. The number of nitrogens with zero attached hydrogens (tertiary/aromatic N) is 3. The van der Waals surface area contributed by atoms with Gasteiger partial charge >= 0.3 is 6.01 Å². The molecule has 0 aliphatic carbocycles. The molecular formula is C12H11N5O3S. The van der Waals surface area contributed by atoms with Crippen LogP contribution in [-0.2, 0) is 10.0 Å². The van der Waals surface area contributed by atoms with Crippen molar-refractivity contribution < 1.29 is 12.9 Å². The van der Waals surface area contributed by atoms with Crippen LogP contribution in [0.3, 0.4) is 0 Å². The molecule has 0 bridgehead atoms. The second-order valence-electron chi connectivity index (χ2n) is 4.30. The summed E-state index contributed by atoms with van der Waals surface area (Å²) in [4.78, 5) is 7.88. The van der Waals surface area contributed by atoms with Gasteiger partial charge in [-0.05, 0) is 31.2 Å². The number of aromatic nitrogens is 3. The van der Waals surface area contributed by atoms with E-state index in [9.17, 15) is 8.42 Å². The van der Waals surface area contributed by atoms with E-state index in [1.54, 1.807) is 19.1 Å². The summed E-state index contributed by atoms with van der Waals surface area (Å²) in [7, 11) is -3.91. The minimum Gasteiger partial charge on any atom is -0.398 e. The number of aryl methyl sites for hydroxylation is 1. The number of rotatable bonds is 3. The Kier molecular flexibility index (Phi) is 2.98. The monoisotopic (exact) mass is 305 g/mol. The summed E-state index contributed by atoms with van der Waals surface area (Å²) >= 11 is 0. The van der Waals surface area contributed by atoms with Crippen LogP contribution >= 0.6 is 0 Å². The molecule has 0 spiro atoms. The Morgan fingerprint density at radius 2 is 2.10 bits per heavy atom. The molecule has 3 rings (SSSR count). The molecular weight excluding hydrogens is 294 g/mol. The van der Waals surface area contributed by atoms with Gasteiger partial charge in [-0.15, -0.1) is 0 Å². The molecule has 0 unspecified atom stereocenters. The van der Waals surface area contributed by atoms with E-state index >= 15 is 0 Å². The van der Waals surface area contributed by atoms with Gasteiger partial charge in [0.15, 0.2) is 5.82 Å². The van der Waals surface area contributed by atoms with Gasteiger partial charge in [0.2, 0.25) is 0 Å². The van der Waals surface area contributed by atoms with Crippen molar-refractivity contribution >= 4 is 32.6 Å². The fourth-order valence-electron chi connectivity index (χ4n) is 1.89. The Hall–Kier alpha value is -2.68. The van der Waals surface area contributed by atoms with Crippen LogP contribution in [0.5, 0.6) is 0 Å². The van der Waals surface area contributed by atoms with Crippen molar-refractivity contribution in [3.63, 3.8) is 0 Å². The van der Waals surface area contributed by atoms with Crippen LogP contribution in [-0.4, -0.2) is 23.5 Å². The molecule has 108 valence electrons. The number of nitrogens with two attached hydrogens (primary N) is 1. The lowest BCUT2D eigenvalue weighted by molar-refractivity contribution is 0.429. The van der Waals surface area contributed by atoms with Crippen LogP contribution in [0, 0.1) is 6.92 Å². The number of fused-ring (bicyclic) bond motifs is 1. The van der Waals surface area contributed by atoms with Crippen molar-refractivity contribution in [1.29, 1.82) is 0 Å². The average Bonchev–Trinajstić information content (AvgIpc) is 2.83. The smallest absolute Gasteiger partial charge is 0.335 e. The molecule has 3 N–H and O–H groups in total. The van der Waals surface area contributed by atoms with E-state index in [0.29, 0.717) is 16.9 Å². The summed E-state index contributed by atoms with van der Waals surface area (Å²) in [5.74, 6) is 0.327. The Bertz CT molecular complexity index is 920. The third kappa shape index (κ3) is 2.38. The molecule has 0 saturated carbocycles. The first kappa shape index (κ1) is 13.3. The highest BCUT2D eigenvalue weighted by Gasteiger charge is 2.21. The fourth-order valence-corrected chi connectivity index (χ4v) is 2.98. The summed E-state index contributed by atoms with van der Waals surface area (Å²) in [5.41, 5.74) is 6.56. The van der Waals surface area contributed by atoms with Gasteiger partial charge < -0.3 is 10.3 Å². The summed E-state index contributed by atoms with van der Waals surface area (Å²) in [6.07, 6.45) is 1.50. The van der Waals surface area contributed by atoms with E-state index in [-0.39, 0.29) is 16.4 Å². The first-order valence-corrected chi connectivity index (χ1v) is 7.42. The number of nitrogen functional groups attached to an aromatic ring is 1. The average molecular weight is 305 g/mol. The third-order valence-corrected chi connectivity index (χ3v) is 4.16. The van der Waals surface area contributed by atoms with Crippen molar-refractivity contribution in [1.82, 2.24) is 15.1 Å². The van der Waals surface area contributed by atoms with Crippen LogP contribution < -0.4 is 10.5 Å². The Morgan fingerprint density at radius 3 is 2.81 bits per heavy atom. The van der Waals surface area contributed by atoms with Gasteiger partial charge in [0, 0.05) is 17.3 Å². The predicted molar refractivity (Wildman–Crippen MR) is 76.0 cm³/mol. The number of pyridine rings is 1. The summed E-state index contributed by atoms with van der Waals surface area (Å²) in [6, 6.07) is 6.08. The van der Waals surface area contributed by atoms with Crippen molar-refractivity contribution in [2.24, 2.45) is 0 Å². The molecule has 8 nitrogen and oxygen atoms in total. The maximum absolute atomic E-state index is 12.4. The molecule has 0 amide bonds. The standard InChI is InChI=1S/C12H11N5O3S/c1-7-15-12(20-16-7)17-21(18,19)10-5-4-9(13)8-3-2-6-14-11(8)10/h2-6H,13H2,1H3,(H,15,16,17). The van der Waals surface area contributed by atoms with Gasteiger partial charge in [0.25, 0.3) is 10.0 Å². The minimum absolute atomic E-state index is 0.0110. The summed E-state index contributed by atoms with van der Waals surface area (Å²) < 4.78 is 31.8. The number of benzene rings is 1. The van der Waals surface area contributed by atoms with E-state index in [4.69, 9.17) is 10.3 Å². The molecule has 21 heavy (non-hydrogen) atoms. The molecule has 2 aromatic heterocycles. The van der Waals surface area contributed by atoms with Gasteiger partial charge in [0.05, 0.1) is 5.52 Å². The maximum atomic E-state index is 12.4. The zero-order valence-corrected chi connectivity index (χ0v) is 11.8. The lowest BCUT2D eigenvalue weighted by atomic mass is 10.2. The van der Waals surface area contributed by atoms with Gasteiger partial charge in [-0.2, -0.15) is 4.98 Å². The molecule has 3 aromatic rings. The topological polar surface area (TPSA) is 124 Å². The van der Waals surface area contributed by atoms with E-state index in [2.05, 4.69) is 19.8 Å². The van der Waals surface area contributed by atoms with Crippen molar-refractivity contribution in [3.8, 4) is 0 Å². The quantitative estimate of drug-likeness (QED) is 0.699. The third-order valence-electron chi connectivity index (χ3n) is 2.81. The molecule has 0 atom stereocenters. The van der Waals surface area contributed by atoms with Crippen LogP contribution in [0.4, 0.5) is 11.7 Å². The molecule has 2 heterocycles. The molecule has 1 aromatic carbocycles. The van der Waals surface area contributed by atoms with Gasteiger partial charge in [-0.1, -0.05) is 5.16 Å². The molecule has 0 aliphatic rings. The summed E-state index contributed by atoms with van der Waals surface area (Å²) in [5, 5.41) is 4.08. The lowest BCUT2D eigenvalue weighted by Gasteiger charge is -2.08. The number of hydrogen-bond donors (Lipinski definition) is 2. The molecule has 0 aliphatic heterocycles. The van der Waals surface area contributed by atoms with Crippen LogP contribution in [0.1, 0.15) is 5.82 Å². The minimum atomic E-state index is -3.91. The second kappa shape index (κ2) is 4.70. The normalized spacial score (nSPS) is 11.7. The van der Waals surface area contributed by atoms with Gasteiger partial charge in [0.1, 0.15) is 4.90 Å². The Labute approximate surface area is 120 Å². The van der Waals surface area contributed by atoms with Crippen molar-refractivity contribution in [3.05, 3.63) is 36.3 Å². The lowest BCUT2D eigenvalue weighted by Crippen LogP contribution is -2.14. The highest BCUT2D eigenvalue weighted by Crippen LogP contribution is 2.26. The maximum Gasteiger partial charge on any atom is 0.335 e. The van der Waals surface area contributed by atoms with E-state index in [1.165, 1.54) is 18.3 Å². The highest BCUT2D eigenvalue weighted by molar-refractivity contribution is 7.93. The van der Waals surface area contributed by atoms with Crippen LogP contribution in [0.15, 0.2) is 39.9 Å². The number of nitrogens with one attached hydrogen (secondary N) is 1.